The molecule has 106 valence electrons. The largest absolute Gasteiger partial charge is 0.444 e. The van der Waals surface area contributed by atoms with Gasteiger partial charge in [-0.1, -0.05) is 42.5 Å². The normalized spacial score (nSPS) is 11.3. The van der Waals surface area contributed by atoms with Gasteiger partial charge in [0.25, 0.3) is 0 Å². The van der Waals surface area contributed by atoms with Crippen molar-refractivity contribution in [3.05, 3.63) is 48.0 Å². The van der Waals surface area contributed by atoms with Crippen LogP contribution in [0.2, 0.25) is 0 Å². The van der Waals surface area contributed by atoms with Crippen molar-refractivity contribution in [2.75, 3.05) is 6.54 Å². The van der Waals surface area contributed by atoms with Crippen LogP contribution < -0.4 is 5.32 Å². The number of carbonyl (C=O) groups excluding carboxylic acids is 1. The summed E-state index contributed by atoms with van der Waals surface area (Å²) in [6, 6.07) is 14.6. The van der Waals surface area contributed by atoms with E-state index in [1.54, 1.807) is 0 Å². The van der Waals surface area contributed by atoms with Crippen LogP contribution >= 0.6 is 0 Å². The fourth-order valence-corrected chi connectivity index (χ4v) is 2.02. The molecule has 0 aliphatic rings. The summed E-state index contributed by atoms with van der Waals surface area (Å²) in [5.41, 5.74) is 0.757. The van der Waals surface area contributed by atoms with E-state index in [0.29, 0.717) is 6.54 Å². The van der Waals surface area contributed by atoms with E-state index < -0.39 is 5.60 Å². The Balaban J connectivity index is 1.88. The van der Waals surface area contributed by atoms with Crippen molar-refractivity contribution in [1.29, 1.82) is 0 Å². The number of hydrogen-bond acceptors (Lipinski definition) is 2. The Morgan fingerprint density at radius 2 is 1.80 bits per heavy atom. The molecule has 3 nitrogen and oxygen atoms in total. The van der Waals surface area contributed by atoms with Crippen molar-refractivity contribution in [3.8, 4) is 0 Å². The fraction of sp³-hybridized carbons (Fsp3) is 0.353. The monoisotopic (exact) mass is 271 g/mol. The molecule has 1 N–H and O–H groups in total. The lowest BCUT2D eigenvalue weighted by Crippen LogP contribution is -2.33. The number of nitrogens with one attached hydrogen (secondary N) is 1. The van der Waals surface area contributed by atoms with Crippen molar-refractivity contribution in [2.24, 2.45) is 0 Å². The first-order chi connectivity index (χ1) is 9.44. The van der Waals surface area contributed by atoms with E-state index in [4.69, 9.17) is 4.74 Å². The van der Waals surface area contributed by atoms with E-state index in [-0.39, 0.29) is 6.09 Å². The number of rotatable bonds is 3. The van der Waals surface area contributed by atoms with E-state index in [9.17, 15) is 4.79 Å². The second-order valence-corrected chi connectivity index (χ2v) is 5.86. The van der Waals surface area contributed by atoms with Crippen molar-refractivity contribution < 1.29 is 9.53 Å². The van der Waals surface area contributed by atoms with Gasteiger partial charge in [0.05, 0.1) is 0 Å². The molecule has 3 heteroatoms. The van der Waals surface area contributed by atoms with Gasteiger partial charge >= 0.3 is 6.09 Å². The molecular formula is C17H21NO2. The topological polar surface area (TPSA) is 38.3 Å². The van der Waals surface area contributed by atoms with Crippen LogP contribution in [0.4, 0.5) is 4.79 Å². The van der Waals surface area contributed by atoms with Gasteiger partial charge in [-0.05, 0) is 43.5 Å². The number of ether oxygens (including phenoxy) is 1. The van der Waals surface area contributed by atoms with Crippen LogP contribution in [0.5, 0.6) is 0 Å². The van der Waals surface area contributed by atoms with Crippen LogP contribution in [0.25, 0.3) is 10.8 Å². The van der Waals surface area contributed by atoms with Gasteiger partial charge in [0, 0.05) is 6.54 Å². The number of amides is 1. The molecule has 0 aromatic heterocycles. The Kier molecular flexibility index (Phi) is 4.28. The van der Waals surface area contributed by atoms with Crippen LogP contribution in [-0.4, -0.2) is 18.2 Å². The van der Waals surface area contributed by atoms with Gasteiger partial charge in [-0.2, -0.15) is 0 Å². The zero-order valence-corrected chi connectivity index (χ0v) is 12.3. The van der Waals surface area contributed by atoms with Crippen LogP contribution in [-0.2, 0) is 11.2 Å². The highest BCUT2D eigenvalue weighted by atomic mass is 16.6. The molecular weight excluding hydrogens is 250 g/mol. The summed E-state index contributed by atoms with van der Waals surface area (Å²) in [5, 5.41) is 5.23. The summed E-state index contributed by atoms with van der Waals surface area (Å²) in [7, 11) is 0. The van der Waals surface area contributed by atoms with Gasteiger partial charge in [0.15, 0.2) is 0 Å². The number of hydrogen-bond donors (Lipinski definition) is 1. The second kappa shape index (κ2) is 5.95. The molecule has 2 rings (SSSR count). The highest BCUT2D eigenvalue weighted by Gasteiger charge is 2.15. The third-order valence-corrected chi connectivity index (χ3v) is 2.90. The zero-order valence-electron chi connectivity index (χ0n) is 12.3. The molecule has 0 radical (unpaired) electrons. The first-order valence-electron chi connectivity index (χ1n) is 6.88. The average molecular weight is 271 g/mol. The molecule has 0 fully saturated rings. The van der Waals surface area contributed by atoms with E-state index in [1.807, 2.05) is 32.9 Å². The molecule has 0 spiro atoms. The molecule has 1 amide bonds. The Morgan fingerprint density at radius 1 is 1.10 bits per heavy atom. The minimum Gasteiger partial charge on any atom is -0.444 e. The molecule has 0 aliphatic heterocycles. The lowest BCUT2D eigenvalue weighted by atomic mass is 10.1. The van der Waals surface area contributed by atoms with Crippen LogP contribution in [0.15, 0.2) is 42.5 Å². The first-order valence-corrected chi connectivity index (χ1v) is 6.88. The first kappa shape index (κ1) is 14.4. The maximum atomic E-state index is 11.5. The van der Waals surface area contributed by atoms with Crippen LogP contribution in [0.3, 0.4) is 0 Å². The summed E-state index contributed by atoms with van der Waals surface area (Å²) >= 11 is 0. The Morgan fingerprint density at radius 3 is 2.50 bits per heavy atom. The summed E-state index contributed by atoms with van der Waals surface area (Å²) < 4.78 is 5.20. The van der Waals surface area contributed by atoms with Gasteiger partial charge in [-0.25, -0.2) is 4.79 Å². The van der Waals surface area contributed by atoms with E-state index >= 15 is 0 Å². The van der Waals surface area contributed by atoms with Gasteiger partial charge in [-0.15, -0.1) is 0 Å². The number of carbonyl (C=O) groups is 1. The molecule has 0 saturated carbocycles. The molecule has 2 aromatic rings. The van der Waals surface area contributed by atoms with E-state index in [1.165, 1.54) is 16.3 Å². The van der Waals surface area contributed by atoms with Gasteiger partial charge < -0.3 is 10.1 Å². The molecule has 0 atom stereocenters. The molecule has 0 saturated heterocycles. The third kappa shape index (κ3) is 4.26. The van der Waals surface area contributed by atoms with Crippen molar-refractivity contribution in [1.82, 2.24) is 5.32 Å². The Hall–Kier alpha value is -2.03. The third-order valence-electron chi connectivity index (χ3n) is 2.90. The Bertz CT molecular complexity index is 599. The summed E-state index contributed by atoms with van der Waals surface area (Å²) in [6.45, 7) is 6.15. The van der Waals surface area contributed by atoms with Crippen LogP contribution in [0, 0.1) is 0 Å². The highest BCUT2D eigenvalue weighted by molar-refractivity contribution is 5.83. The standard InChI is InChI=1S/C17H21NO2/c1-17(2,3)20-16(19)18-11-10-13-8-9-14-6-4-5-7-15(14)12-13/h4-9,12H,10-11H2,1-3H3,(H,18,19). The predicted octanol–water partition coefficient (Wildman–Crippen LogP) is 3.91. The van der Waals surface area contributed by atoms with Crippen LogP contribution in [0.1, 0.15) is 26.3 Å². The summed E-state index contributed by atoms with van der Waals surface area (Å²) in [6.07, 6.45) is 0.433. The molecule has 2 aromatic carbocycles. The minimum atomic E-state index is -0.451. The maximum Gasteiger partial charge on any atom is 0.407 e. The van der Waals surface area contributed by atoms with Gasteiger partial charge in [0.2, 0.25) is 0 Å². The molecule has 20 heavy (non-hydrogen) atoms. The van der Waals surface area contributed by atoms with Crippen molar-refractivity contribution >= 4 is 16.9 Å². The maximum absolute atomic E-state index is 11.5. The SMILES string of the molecule is CC(C)(C)OC(=O)NCCc1ccc2ccccc2c1. The van der Waals surface area contributed by atoms with Crippen molar-refractivity contribution in [2.45, 2.75) is 32.8 Å². The number of benzene rings is 2. The molecule has 0 bridgehead atoms. The molecule has 0 heterocycles. The van der Waals surface area contributed by atoms with E-state index in [2.05, 4.69) is 35.6 Å². The fourth-order valence-electron chi connectivity index (χ4n) is 2.02. The minimum absolute atomic E-state index is 0.363. The smallest absolute Gasteiger partial charge is 0.407 e. The lowest BCUT2D eigenvalue weighted by Gasteiger charge is -2.19. The predicted molar refractivity (Wildman–Crippen MR) is 81.9 cm³/mol. The van der Waals surface area contributed by atoms with Crippen molar-refractivity contribution in [3.63, 3.8) is 0 Å². The molecule has 0 aliphatic carbocycles. The lowest BCUT2D eigenvalue weighted by molar-refractivity contribution is 0.0528. The van der Waals surface area contributed by atoms with E-state index in [0.717, 1.165) is 6.42 Å². The van der Waals surface area contributed by atoms with Gasteiger partial charge in [-0.3, -0.25) is 0 Å². The second-order valence-electron chi connectivity index (χ2n) is 5.86. The Labute approximate surface area is 119 Å². The van der Waals surface area contributed by atoms with Gasteiger partial charge in [0.1, 0.15) is 5.60 Å². The summed E-state index contributed by atoms with van der Waals surface area (Å²) in [5.74, 6) is 0. The number of alkyl carbamates (subject to hydrolysis) is 1. The highest BCUT2D eigenvalue weighted by Crippen LogP contribution is 2.15. The molecule has 0 unspecified atom stereocenters. The zero-order chi connectivity index (χ0) is 14.6. The summed E-state index contributed by atoms with van der Waals surface area (Å²) in [4.78, 5) is 11.5. The quantitative estimate of drug-likeness (QED) is 0.919. The average Bonchev–Trinajstić information content (AvgIpc) is 2.36. The number of fused-ring (bicyclic) bond motifs is 1.